The molecule has 0 saturated carbocycles. The van der Waals surface area contributed by atoms with Gasteiger partial charge in [0.2, 0.25) is 15.9 Å². The summed E-state index contributed by atoms with van der Waals surface area (Å²) in [5, 5.41) is 3.42. The lowest BCUT2D eigenvalue weighted by atomic mass is 9.79. The molecule has 4 heterocycles. The largest absolute Gasteiger partial charge is 0.381 e. The van der Waals surface area contributed by atoms with E-state index in [-0.39, 0.29) is 23.8 Å². The van der Waals surface area contributed by atoms with E-state index in [1.807, 2.05) is 42.2 Å². The minimum absolute atomic E-state index is 0.00423. The Bertz CT molecular complexity index is 1180. The number of ether oxygens (including phenoxy) is 1. The molecule has 2 fully saturated rings. The van der Waals surface area contributed by atoms with Crippen LogP contribution in [-0.2, 0) is 26.1 Å². The van der Waals surface area contributed by atoms with Crippen LogP contribution >= 0.6 is 0 Å². The lowest BCUT2D eigenvalue weighted by molar-refractivity contribution is -0.122. The Morgan fingerprint density at radius 1 is 1.09 bits per heavy atom. The molecule has 3 aliphatic heterocycles. The molecule has 0 bridgehead atoms. The molecule has 2 saturated heterocycles. The van der Waals surface area contributed by atoms with Gasteiger partial charge >= 0.3 is 0 Å². The number of carbonyl (C=O) groups is 1. The number of hydrogen-bond donors (Lipinski definition) is 1. The average molecular weight is 485 g/mol. The van der Waals surface area contributed by atoms with E-state index in [1.54, 1.807) is 0 Å². The molecule has 2 aromatic rings. The zero-order valence-electron chi connectivity index (χ0n) is 19.7. The third-order valence-corrected chi connectivity index (χ3v) is 8.55. The number of nitrogens with one attached hydrogen (secondary N) is 1. The smallest absolute Gasteiger partial charge is 0.236 e. The number of para-hydroxylation sites is 1. The predicted molar refractivity (Wildman–Crippen MR) is 131 cm³/mol. The summed E-state index contributed by atoms with van der Waals surface area (Å²) < 4.78 is 30.8. The number of hydrogen-bond acceptors (Lipinski definition) is 6. The van der Waals surface area contributed by atoms with Gasteiger partial charge in [-0.15, -0.1) is 0 Å². The van der Waals surface area contributed by atoms with Crippen LogP contribution in [0.3, 0.4) is 0 Å². The summed E-state index contributed by atoms with van der Waals surface area (Å²) >= 11 is 0. The monoisotopic (exact) mass is 484 g/mol. The van der Waals surface area contributed by atoms with Crippen molar-refractivity contribution in [3.8, 4) is 0 Å². The Balaban J connectivity index is 1.46. The number of sulfonamides is 1. The van der Waals surface area contributed by atoms with Crippen LogP contribution < -0.4 is 10.2 Å². The Labute approximate surface area is 201 Å². The van der Waals surface area contributed by atoms with E-state index in [4.69, 9.17) is 9.72 Å². The second-order valence-corrected chi connectivity index (χ2v) is 11.6. The first kappa shape index (κ1) is 23.3. The SMILES string of the molecule is Cc1ccccc1N1Cc2ccc(NC3CCN(S(C)(=O)=O)C3)nc2C(C2CCOCC2)C1=O. The number of rotatable bonds is 5. The van der Waals surface area contributed by atoms with Gasteiger partial charge < -0.3 is 15.0 Å². The van der Waals surface area contributed by atoms with E-state index in [1.165, 1.54) is 10.6 Å². The molecule has 0 radical (unpaired) electrons. The van der Waals surface area contributed by atoms with Crippen LogP contribution in [0, 0.1) is 12.8 Å². The molecule has 1 aromatic carbocycles. The van der Waals surface area contributed by atoms with Crippen molar-refractivity contribution >= 4 is 27.4 Å². The predicted octanol–water partition coefficient (Wildman–Crippen LogP) is 2.89. The zero-order valence-corrected chi connectivity index (χ0v) is 20.6. The maximum Gasteiger partial charge on any atom is 0.236 e. The number of aromatic nitrogens is 1. The van der Waals surface area contributed by atoms with Gasteiger partial charge in [0.25, 0.3) is 0 Å². The molecule has 1 N–H and O–H groups in total. The summed E-state index contributed by atoms with van der Waals surface area (Å²) in [6.07, 6.45) is 3.65. The fourth-order valence-corrected chi connectivity index (χ4v) is 6.31. The summed E-state index contributed by atoms with van der Waals surface area (Å²) in [7, 11) is -3.20. The highest BCUT2D eigenvalue weighted by Gasteiger charge is 2.41. The van der Waals surface area contributed by atoms with Crippen molar-refractivity contribution in [1.82, 2.24) is 9.29 Å². The quantitative estimate of drug-likeness (QED) is 0.702. The van der Waals surface area contributed by atoms with Crippen LogP contribution in [0.1, 0.15) is 42.0 Å². The van der Waals surface area contributed by atoms with Crippen LogP contribution in [0.25, 0.3) is 0 Å². The maximum absolute atomic E-state index is 13.9. The summed E-state index contributed by atoms with van der Waals surface area (Å²) in [5.41, 5.74) is 3.94. The zero-order chi connectivity index (χ0) is 23.9. The number of carbonyl (C=O) groups excluding carboxylic acids is 1. The molecule has 182 valence electrons. The average Bonchev–Trinajstić information content (AvgIpc) is 3.29. The number of aryl methyl sites for hydroxylation is 1. The van der Waals surface area contributed by atoms with Crippen molar-refractivity contribution in [2.24, 2.45) is 5.92 Å². The Hall–Kier alpha value is -2.49. The van der Waals surface area contributed by atoms with Gasteiger partial charge in [0, 0.05) is 38.0 Å². The summed E-state index contributed by atoms with van der Waals surface area (Å²) in [6, 6.07) is 12.0. The number of fused-ring (bicyclic) bond motifs is 1. The molecular formula is C25H32N4O4S. The second-order valence-electron chi connectivity index (χ2n) is 9.63. The van der Waals surface area contributed by atoms with Crippen molar-refractivity contribution in [3.63, 3.8) is 0 Å². The van der Waals surface area contributed by atoms with Gasteiger partial charge in [-0.3, -0.25) is 4.79 Å². The first-order chi connectivity index (χ1) is 16.3. The van der Waals surface area contributed by atoms with E-state index in [0.717, 1.165) is 41.8 Å². The van der Waals surface area contributed by atoms with Crippen molar-refractivity contribution in [1.29, 1.82) is 0 Å². The van der Waals surface area contributed by atoms with Crippen LogP contribution in [0.2, 0.25) is 0 Å². The number of nitrogens with zero attached hydrogens (tertiary/aromatic N) is 3. The van der Waals surface area contributed by atoms with Gasteiger partial charge in [0.1, 0.15) is 5.82 Å². The van der Waals surface area contributed by atoms with Crippen LogP contribution in [0.15, 0.2) is 36.4 Å². The number of pyridine rings is 1. The number of benzene rings is 1. The van der Waals surface area contributed by atoms with Crippen molar-refractivity contribution < 1.29 is 17.9 Å². The fraction of sp³-hybridized carbons (Fsp3) is 0.520. The highest BCUT2D eigenvalue weighted by atomic mass is 32.2. The standard InChI is InChI=1S/C25H32N4O4S/c1-17-5-3-4-6-21(17)29-15-19-7-8-22(26-20-9-12-28(16-20)34(2,31)32)27-24(19)23(25(29)30)18-10-13-33-14-11-18/h3-8,18,20,23H,9-16H2,1-2H3,(H,26,27). The van der Waals surface area contributed by atoms with Gasteiger partial charge in [-0.1, -0.05) is 24.3 Å². The maximum atomic E-state index is 13.9. The van der Waals surface area contributed by atoms with Gasteiger partial charge in [-0.25, -0.2) is 17.7 Å². The molecule has 1 amide bonds. The Kier molecular flexibility index (Phi) is 6.35. The van der Waals surface area contributed by atoms with Gasteiger partial charge in [-0.05, 0) is 55.4 Å². The highest BCUT2D eigenvalue weighted by Crippen LogP contribution is 2.41. The molecule has 34 heavy (non-hydrogen) atoms. The molecule has 2 atom stereocenters. The van der Waals surface area contributed by atoms with E-state index in [0.29, 0.717) is 38.7 Å². The molecule has 1 aromatic heterocycles. The number of amides is 1. The van der Waals surface area contributed by atoms with E-state index >= 15 is 0 Å². The van der Waals surface area contributed by atoms with Gasteiger partial charge in [0.15, 0.2) is 0 Å². The molecule has 0 spiro atoms. The summed E-state index contributed by atoms with van der Waals surface area (Å²) in [4.78, 5) is 20.8. The first-order valence-corrected chi connectivity index (χ1v) is 13.8. The summed E-state index contributed by atoms with van der Waals surface area (Å²) in [5.74, 6) is 0.669. The van der Waals surface area contributed by atoms with Crippen molar-refractivity contribution in [3.05, 3.63) is 53.2 Å². The summed E-state index contributed by atoms with van der Waals surface area (Å²) in [6.45, 7) is 4.80. The minimum Gasteiger partial charge on any atom is -0.381 e. The molecule has 9 heteroatoms. The van der Waals surface area contributed by atoms with E-state index < -0.39 is 10.0 Å². The van der Waals surface area contributed by atoms with E-state index in [9.17, 15) is 13.2 Å². The lowest BCUT2D eigenvalue weighted by Crippen LogP contribution is -2.44. The molecule has 8 nitrogen and oxygen atoms in total. The Morgan fingerprint density at radius 3 is 2.56 bits per heavy atom. The fourth-order valence-electron chi connectivity index (χ4n) is 5.42. The second kappa shape index (κ2) is 9.28. The van der Waals surface area contributed by atoms with Crippen molar-refractivity contribution in [2.75, 3.05) is 42.8 Å². The first-order valence-electron chi connectivity index (χ1n) is 12.0. The third-order valence-electron chi connectivity index (χ3n) is 7.28. The molecule has 0 aliphatic carbocycles. The molecule has 3 aliphatic rings. The minimum atomic E-state index is -3.20. The van der Waals surface area contributed by atoms with Crippen molar-refractivity contribution in [2.45, 2.75) is 44.7 Å². The number of anilines is 2. The van der Waals surface area contributed by atoms with Crippen LogP contribution in [0.4, 0.5) is 11.5 Å². The lowest BCUT2D eigenvalue weighted by Gasteiger charge is -2.39. The highest BCUT2D eigenvalue weighted by molar-refractivity contribution is 7.88. The van der Waals surface area contributed by atoms with Gasteiger partial charge in [-0.2, -0.15) is 0 Å². The Morgan fingerprint density at radius 2 is 1.85 bits per heavy atom. The molecule has 2 unspecified atom stereocenters. The van der Waals surface area contributed by atoms with E-state index in [2.05, 4.69) is 11.4 Å². The molecule has 5 rings (SSSR count). The van der Waals surface area contributed by atoms with Crippen LogP contribution in [0.5, 0.6) is 0 Å². The topological polar surface area (TPSA) is 91.8 Å². The molecular weight excluding hydrogens is 452 g/mol. The van der Waals surface area contributed by atoms with Gasteiger partial charge in [0.05, 0.1) is 24.4 Å². The third kappa shape index (κ3) is 4.56. The normalized spacial score (nSPS) is 24.3. The van der Waals surface area contributed by atoms with Crippen LogP contribution in [-0.4, -0.2) is 62.2 Å².